The standard InChI is InChI=1S/C20H27N3O3S/c1-6-15(7-2)19-22-23-20(27-19)21-18(24)11-9-14-8-10-16(26-13(3)4)17(12-14)25-5/h8-13,15H,6-7H2,1-5H3,(H,21,23,24)/b11-9+. The molecule has 0 atom stereocenters. The second-order valence-corrected chi connectivity index (χ2v) is 7.37. The van der Waals surface area contributed by atoms with Gasteiger partial charge in [-0.15, -0.1) is 10.2 Å². The summed E-state index contributed by atoms with van der Waals surface area (Å²) in [4.78, 5) is 12.2. The van der Waals surface area contributed by atoms with E-state index >= 15 is 0 Å². The van der Waals surface area contributed by atoms with Crippen LogP contribution in [0.1, 0.15) is 57.0 Å². The Morgan fingerprint density at radius 2 is 1.96 bits per heavy atom. The van der Waals surface area contributed by atoms with Gasteiger partial charge in [-0.1, -0.05) is 31.3 Å². The summed E-state index contributed by atoms with van der Waals surface area (Å²) >= 11 is 1.43. The minimum atomic E-state index is -0.247. The molecule has 1 N–H and O–H groups in total. The van der Waals surface area contributed by atoms with Crippen molar-refractivity contribution in [1.82, 2.24) is 10.2 Å². The van der Waals surface area contributed by atoms with Crippen LogP contribution in [0.25, 0.3) is 6.08 Å². The smallest absolute Gasteiger partial charge is 0.250 e. The number of carbonyl (C=O) groups is 1. The molecule has 0 aliphatic heterocycles. The van der Waals surface area contributed by atoms with Crippen molar-refractivity contribution in [2.75, 3.05) is 12.4 Å². The summed E-state index contributed by atoms with van der Waals surface area (Å²) in [7, 11) is 1.59. The van der Waals surface area contributed by atoms with Gasteiger partial charge < -0.3 is 9.47 Å². The maximum atomic E-state index is 12.2. The van der Waals surface area contributed by atoms with Gasteiger partial charge in [0.25, 0.3) is 0 Å². The zero-order chi connectivity index (χ0) is 19.8. The molecular formula is C20H27N3O3S. The first-order valence-corrected chi connectivity index (χ1v) is 9.95. The van der Waals surface area contributed by atoms with Gasteiger partial charge in [-0.3, -0.25) is 10.1 Å². The normalized spacial score (nSPS) is 11.4. The molecule has 0 bridgehead atoms. The Labute approximate surface area is 164 Å². The molecule has 2 rings (SSSR count). The number of nitrogens with zero attached hydrogens (tertiary/aromatic N) is 2. The molecule has 1 aromatic carbocycles. The van der Waals surface area contributed by atoms with Gasteiger partial charge in [0, 0.05) is 12.0 Å². The Morgan fingerprint density at radius 1 is 1.22 bits per heavy atom. The largest absolute Gasteiger partial charge is 0.493 e. The van der Waals surface area contributed by atoms with Gasteiger partial charge in [-0.05, 0) is 50.5 Å². The van der Waals surface area contributed by atoms with Gasteiger partial charge in [0.1, 0.15) is 5.01 Å². The average molecular weight is 390 g/mol. The zero-order valence-corrected chi connectivity index (χ0v) is 17.3. The van der Waals surface area contributed by atoms with E-state index in [-0.39, 0.29) is 12.0 Å². The lowest BCUT2D eigenvalue weighted by molar-refractivity contribution is -0.111. The van der Waals surface area contributed by atoms with E-state index in [2.05, 4.69) is 29.4 Å². The monoisotopic (exact) mass is 389 g/mol. The van der Waals surface area contributed by atoms with Gasteiger partial charge in [0.05, 0.1) is 13.2 Å². The number of hydrogen-bond acceptors (Lipinski definition) is 6. The van der Waals surface area contributed by atoms with Crippen LogP contribution in [0.15, 0.2) is 24.3 Å². The number of amides is 1. The van der Waals surface area contributed by atoms with E-state index in [1.807, 2.05) is 32.0 Å². The van der Waals surface area contributed by atoms with E-state index in [1.54, 1.807) is 13.2 Å². The fourth-order valence-corrected chi connectivity index (χ4v) is 3.56. The number of anilines is 1. The van der Waals surface area contributed by atoms with Crippen molar-refractivity contribution in [1.29, 1.82) is 0 Å². The molecule has 0 aliphatic rings. The van der Waals surface area contributed by atoms with Crippen LogP contribution < -0.4 is 14.8 Å². The predicted molar refractivity (Wildman–Crippen MR) is 110 cm³/mol. The lowest BCUT2D eigenvalue weighted by Gasteiger charge is -2.13. The highest BCUT2D eigenvalue weighted by Crippen LogP contribution is 2.30. The predicted octanol–water partition coefficient (Wildman–Crippen LogP) is 4.89. The Bertz CT molecular complexity index is 783. The van der Waals surface area contributed by atoms with Gasteiger partial charge in [-0.2, -0.15) is 0 Å². The quantitative estimate of drug-likeness (QED) is 0.618. The lowest BCUT2D eigenvalue weighted by atomic mass is 10.1. The number of rotatable bonds is 9. The number of aromatic nitrogens is 2. The van der Waals surface area contributed by atoms with Gasteiger partial charge in [-0.25, -0.2) is 0 Å². The highest BCUT2D eigenvalue weighted by atomic mass is 32.1. The molecule has 1 aromatic heterocycles. The third kappa shape index (κ3) is 6.06. The SMILES string of the molecule is CCC(CC)c1nnc(NC(=O)/C=C/c2ccc(OC(C)C)c(OC)c2)s1. The number of ether oxygens (including phenoxy) is 2. The summed E-state index contributed by atoms with van der Waals surface area (Å²) in [6, 6.07) is 5.54. The van der Waals surface area contributed by atoms with Gasteiger partial charge >= 0.3 is 0 Å². The van der Waals surface area contributed by atoms with Crippen molar-refractivity contribution in [3.05, 3.63) is 34.8 Å². The summed E-state index contributed by atoms with van der Waals surface area (Å²) in [5, 5.41) is 12.5. The summed E-state index contributed by atoms with van der Waals surface area (Å²) < 4.78 is 11.1. The fraction of sp³-hybridized carbons (Fsp3) is 0.450. The van der Waals surface area contributed by atoms with Crippen molar-refractivity contribution in [2.24, 2.45) is 0 Å². The third-order valence-electron chi connectivity index (χ3n) is 3.98. The topological polar surface area (TPSA) is 73.3 Å². The summed E-state index contributed by atoms with van der Waals surface area (Å²) in [6.45, 7) is 8.17. The van der Waals surface area contributed by atoms with E-state index in [0.29, 0.717) is 22.5 Å². The molecule has 0 saturated carbocycles. The second-order valence-electron chi connectivity index (χ2n) is 6.36. The Morgan fingerprint density at radius 3 is 2.59 bits per heavy atom. The average Bonchev–Trinajstić information content (AvgIpc) is 3.09. The van der Waals surface area contributed by atoms with Crippen LogP contribution in [0.5, 0.6) is 11.5 Å². The summed E-state index contributed by atoms with van der Waals surface area (Å²) in [5.41, 5.74) is 0.841. The second kappa shape index (κ2) is 10.1. The first-order chi connectivity index (χ1) is 13.0. The van der Waals surface area contributed by atoms with Crippen LogP contribution in [-0.2, 0) is 4.79 Å². The van der Waals surface area contributed by atoms with E-state index in [9.17, 15) is 4.79 Å². The molecule has 6 nitrogen and oxygen atoms in total. The molecule has 0 radical (unpaired) electrons. The molecule has 2 aromatic rings. The molecule has 1 amide bonds. The fourth-order valence-electron chi connectivity index (χ4n) is 2.55. The highest BCUT2D eigenvalue weighted by Gasteiger charge is 2.14. The minimum Gasteiger partial charge on any atom is -0.493 e. The lowest BCUT2D eigenvalue weighted by Crippen LogP contribution is -2.07. The Kier molecular flexibility index (Phi) is 7.79. The van der Waals surface area contributed by atoms with E-state index in [4.69, 9.17) is 9.47 Å². The van der Waals surface area contributed by atoms with Crippen LogP contribution in [0.3, 0.4) is 0 Å². The first kappa shape index (κ1) is 20.9. The van der Waals surface area contributed by atoms with Crippen LogP contribution in [-0.4, -0.2) is 29.3 Å². The minimum absolute atomic E-state index is 0.0582. The van der Waals surface area contributed by atoms with Crippen molar-refractivity contribution in [2.45, 2.75) is 52.6 Å². The van der Waals surface area contributed by atoms with E-state index in [1.165, 1.54) is 17.4 Å². The molecule has 0 saturated heterocycles. The van der Waals surface area contributed by atoms with Crippen molar-refractivity contribution in [3.8, 4) is 11.5 Å². The first-order valence-electron chi connectivity index (χ1n) is 9.13. The molecule has 27 heavy (non-hydrogen) atoms. The number of benzene rings is 1. The van der Waals surface area contributed by atoms with Gasteiger partial charge in [0.15, 0.2) is 11.5 Å². The Hall–Kier alpha value is -2.41. The van der Waals surface area contributed by atoms with Crippen LogP contribution >= 0.6 is 11.3 Å². The molecule has 0 aliphatic carbocycles. The van der Waals surface area contributed by atoms with E-state index in [0.717, 1.165) is 23.4 Å². The zero-order valence-electron chi connectivity index (χ0n) is 16.5. The van der Waals surface area contributed by atoms with E-state index < -0.39 is 0 Å². The number of methoxy groups -OCH3 is 1. The number of hydrogen-bond donors (Lipinski definition) is 1. The van der Waals surface area contributed by atoms with Crippen molar-refractivity contribution < 1.29 is 14.3 Å². The summed E-state index contributed by atoms with van der Waals surface area (Å²) in [5.74, 6) is 1.45. The molecular weight excluding hydrogens is 362 g/mol. The van der Waals surface area contributed by atoms with Crippen molar-refractivity contribution >= 4 is 28.5 Å². The number of nitrogens with one attached hydrogen (secondary N) is 1. The van der Waals surface area contributed by atoms with Crippen LogP contribution in [0.4, 0.5) is 5.13 Å². The maximum absolute atomic E-state index is 12.2. The highest BCUT2D eigenvalue weighted by molar-refractivity contribution is 7.15. The van der Waals surface area contributed by atoms with Crippen molar-refractivity contribution in [3.63, 3.8) is 0 Å². The molecule has 146 valence electrons. The molecule has 0 unspecified atom stereocenters. The van der Waals surface area contributed by atoms with Gasteiger partial charge in [0.2, 0.25) is 11.0 Å². The molecule has 0 spiro atoms. The molecule has 0 fully saturated rings. The van der Waals surface area contributed by atoms with Crippen LogP contribution in [0, 0.1) is 0 Å². The third-order valence-corrected chi connectivity index (χ3v) is 4.98. The Balaban J connectivity index is 2.02. The maximum Gasteiger partial charge on any atom is 0.250 e. The number of carbonyl (C=O) groups excluding carboxylic acids is 1. The van der Waals surface area contributed by atoms with Crippen LogP contribution in [0.2, 0.25) is 0 Å². The molecule has 7 heteroatoms. The summed E-state index contributed by atoms with van der Waals surface area (Å²) in [6.07, 6.45) is 5.27. The molecule has 1 heterocycles.